The van der Waals surface area contributed by atoms with Gasteiger partial charge in [-0.2, -0.15) is 47.6 Å². The van der Waals surface area contributed by atoms with Crippen LogP contribution in [0.25, 0.3) is 11.1 Å². The zero-order valence-corrected chi connectivity index (χ0v) is 38.8. The molecule has 0 saturated heterocycles. The smallest absolute Gasteiger partial charge is 0 e. The van der Waals surface area contributed by atoms with Gasteiger partial charge in [-0.25, -0.2) is 24.3 Å². The maximum absolute atomic E-state index is 3.28. The maximum Gasteiger partial charge on any atom is 0 e. The van der Waals surface area contributed by atoms with E-state index in [1.165, 1.54) is 22.3 Å². The Morgan fingerprint density at radius 2 is 0.833 bits per heavy atom. The topological polar surface area (TPSA) is 0 Å². The van der Waals surface area contributed by atoms with Crippen LogP contribution in [0.1, 0.15) is 36.8 Å². The first-order valence-electron chi connectivity index (χ1n) is 13.3. The van der Waals surface area contributed by atoms with E-state index in [4.69, 9.17) is 0 Å². The van der Waals surface area contributed by atoms with Gasteiger partial charge in [-0.1, -0.05) is 49.2 Å². The molecule has 0 nitrogen and oxygen atoms in total. The Morgan fingerprint density at radius 3 is 1.02 bits per heavy atom. The van der Waals surface area contributed by atoms with Crippen LogP contribution < -0.4 is 24.8 Å². The van der Waals surface area contributed by atoms with Crippen molar-refractivity contribution in [3.8, 4) is 0 Å². The number of hydrogen-bond acceptors (Lipinski definition) is 0. The van der Waals surface area contributed by atoms with Gasteiger partial charge in [0.05, 0.1) is 0 Å². The molecule has 0 N–H and O–H groups in total. The Labute approximate surface area is 320 Å². The first-order valence-corrected chi connectivity index (χ1v) is 23.0. The van der Waals surface area contributed by atoms with Crippen molar-refractivity contribution < 1.29 is 76.5 Å². The third-order valence-electron chi connectivity index (χ3n) is 4.73. The van der Waals surface area contributed by atoms with Crippen molar-refractivity contribution in [3.63, 3.8) is 0 Å². The number of rotatable bonds is 2. The van der Waals surface area contributed by atoms with Gasteiger partial charge in [0.2, 0.25) is 0 Å². The predicted molar refractivity (Wildman–Crippen MR) is 175 cm³/mol. The van der Waals surface area contributed by atoms with Crippen LogP contribution in [0.5, 0.6) is 0 Å². The third-order valence-corrected chi connectivity index (χ3v) is 4.73. The van der Waals surface area contributed by atoms with E-state index in [9.17, 15) is 0 Å². The standard InChI is InChI=1S/2C11H9.2C5H5.2C2H7Ge.2ClH.2Hf/c2*1-2-6-10(7-3-1)11-8-4-5-9-11;2*1-2-4-5-3-1;2*1-3-2;;;;/h2*1-4,6-8H,5H2;2*1-3H,4H2;2*3H,1-2H3;2*1H;;/q4*-1;;;;;;/p-2. The second-order valence-corrected chi connectivity index (χ2v) is 13.1. The van der Waals surface area contributed by atoms with E-state index in [1.54, 1.807) is 0 Å². The van der Waals surface area contributed by atoms with Crippen LogP contribution in [0.4, 0.5) is 0 Å². The van der Waals surface area contributed by atoms with Gasteiger partial charge in [0, 0.05) is 51.7 Å². The molecule has 0 bridgehead atoms. The van der Waals surface area contributed by atoms with Gasteiger partial charge in [-0.05, 0) is 0 Å². The molecule has 0 aromatic heterocycles. The van der Waals surface area contributed by atoms with Gasteiger partial charge in [0.15, 0.2) is 0 Å². The molecule has 0 heterocycles. The molecule has 0 saturated carbocycles. The Hall–Kier alpha value is -0.234. The number of benzene rings is 2. The summed E-state index contributed by atoms with van der Waals surface area (Å²) in [4.78, 5) is 0. The SMILES string of the molecule is [C-]1=C(c2ccccc2)C=CC1.[C-]1=C(c2ccccc2)C=CC1.[C-]1=CC=CC1.[C-]1=CC=CC1.[CH3][GeH][CH3].[CH3][GeH][CH3].[Cl-].[Cl-].[Hf].[Hf]. The van der Waals surface area contributed by atoms with Gasteiger partial charge >= 0.3 is 53.9 Å². The molecule has 6 heteroatoms. The van der Waals surface area contributed by atoms with E-state index < -0.39 is 0 Å². The fourth-order valence-electron chi connectivity index (χ4n) is 3.12. The van der Waals surface area contributed by atoms with Gasteiger partial charge in [0.1, 0.15) is 0 Å². The third kappa shape index (κ3) is 26.2. The molecule has 0 amide bonds. The second kappa shape index (κ2) is 37.0. The Bertz CT molecular complexity index is 992. The summed E-state index contributed by atoms with van der Waals surface area (Å²) in [6.45, 7) is 0. The number of halogens is 2. The van der Waals surface area contributed by atoms with Crippen LogP contribution in [0, 0.1) is 24.3 Å². The predicted octanol–water partition coefficient (Wildman–Crippen LogP) is 3.32. The summed E-state index contributed by atoms with van der Waals surface area (Å²) in [7, 11) is 0. The minimum absolute atomic E-state index is 0. The Balaban J connectivity index is -0.000000218. The fourth-order valence-corrected chi connectivity index (χ4v) is 3.12. The summed E-state index contributed by atoms with van der Waals surface area (Å²) in [6, 6.07) is 20.7. The second-order valence-electron chi connectivity index (χ2n) is 8.29. The first-order chi connectivity index (χ1) is 18.8. The summed E-state index contributed by atoms with van der Waals surface area (Å²) in [5, 5.41) is 0. The zero-order valence-electron chi connectivity index (χ0n) is 25.3. The van der Waals surface area contributed by atoms with E-state index in [1.807, 2.05) is 36.4 Å². The molecule has 4 aliphatic rings. The largest absolute Gasteiger partial charge is 1.00 e. The summed E-state index contributed by atoms with van der Waals surface area (Å²) in [5.41, 5.74) is 4.98. The normalized spacial score (nSPS) is 13.0. The van der Waals surface area contributed by atoms with Crippen LogP contribution >= 0.6 is 0 Å². The number of allylic oxidation sites excluding steroid dienone is 16. The molecule has 0 fully saturated rings. The van der Waals surface area contributed by atoms with E-state index in [-0.39, 0.29) is 76.5 Å². The van der Waals surface area contributed by atoms with Crippen LogP contribution in [-0.2, 0) is 51.7 Å². The van der Waals surface area contributed by atoms with Crippen molar-refractivity contribution in [1.29, 1.82) is 0 Å². The first kappa shape index (κ1) is 48.7. The summed E-state index contributed by atoms with van der Waals surface area (Å²) in [5.74, 6) is 9.12. The molecule has 4 aliphatic carbocycles. The van der Waals surface area contributed by atoms with Crippen molar-refractivity contribution >= 4 is 42.0 Å². The van der Waals surface area contributed by atoms with Crippen molar-refractivity contribution in [2.75, 3.05) is 0 Å². The van der Waals surface area contributed by atoms with E-state index in [2.05, 4.69) is 132 Å². The van der Waals surface area contributed by atoms with Gasteiger partial charge in [-0.3, -0.25) is 12.2 Å². The molecule has 42 heavy (non-hydrogen) atoms. The number of hydrogen-bond donors (Lipinski definition) is 0. The van der Waals surface area contributed by atoms with Crippen LogP contribution in [-0.4, -0.2) is 30.9 Å². The van der Waals surface area contributed by atoms with Gasteiger partial charge < -0.3 is 24.8 Å². The molecule has 2 radical (unpaired) electrons. The van der Waals surface area contributed by atoms with Gasteiger partial charge in [0.25, 0.3) is 0 Å². The molecule has 6 rings (SSSR count). The molecular weight excluding hydrogens is 1010 g/mol. The summed E-state index contributed by atoms with van der Waals surface area (Å²) in [6.07, 6.45) is 37.0. The molecule has 0 aliphatic heterocycles. The minimum Gasteiger partial charge on any atom is -1.00 e. The van der Waals surface area contributed by atoms with Crippen molar-refractivity contribution in [2.45, 2.75) is 48.7 Å². The molecule has 2 aromatic carbocycles. The average molecular weight is 1050 g/mol. The molecule has 222 valence electrons. The summed E-state index contributed by atoms with van der Waals surface area (Å²) < 4.78 is 0. The van der Waals surface area contributed by atoms with Crippen molar-refractivity contribution in [1.82, 2.24) is 0 Å². The Morgan fingerprint density at radius 1 is 0.500 bits per heavy atom. The van der Waals surface area contributed by atoms with Crippen molar-refractivity contribution in [2.24, 2.45) is 0 Å². The molecule has 0 unspecified atom stereocenters. The van der Waals surface area contributed by atoms with Crippen molar-refractivity contribution in [3.05, 3.63) is 157 Å². The average Bonchev–Trinajstić information content (AvgIpc) is 3.79. The van der Waals surface area contributed by atoms with Crippen LogP contribution in [0.2, 0.25) is 23.0 Å². The Kier molecular flexibility index (Phi) is 42.8. The molecular formula is C36H42Cl2Ge2Hf2-6. The quantitative estimate of drug-likeness (QED) is 0.321. The summed E-state index contributed by atoms with van der Waals surface area (Å²) >= 11 is 0.625. The maximum atomic E-state index is 3.28. The minimum atomic E-state index is 0. The van der Waals surface area contributed by atoms with Gasteiger partial charge in [-0.15, -0.1) is 60.4 Å². The fraction of sp³-hybridized carbons (Fsp3) is 0.222. The molecule has 0 atom stereocenters. The molecule has 0 spiro atoms. The van der Waals surface area contributed by atoms with Crippen LogP contribution in [0.3, 0.4) is 0 Å². The monoisotopic (exact) mass is 1050 g/mol. The van der Waals surface area contributed by atoms with E-state index >= 15 is 0 Å². The molecule has 2 aromatic rings. The zero-order chi connectivity index (χ0) is 27.5. The van der Waals surface area contributed by atoms with E-state index in [0.717, 1.165) is 25.7 Å². The van der Waals surface area contributed by atoms with Crippen LogP contribution in [0.15, 0.2) is 121 Å². The van der Waals surface area contributed by atoms with E-state index in [0.29, 0.717) is 30.9 Å².